The van der Waals surface area contributed by atoms with Crippen LogP contribution in [0.2, 0.25) is 0 Å². The lowest BCUT2D eigenvalue weighted by atomic mass is 9.42. The molecule has 5 heteroatoms. The first-order chi connectivity index (χ1) is 14.3. The van der Waals surface area contributed by atoms with Crippen LogP contribution in [0.15, 0.2) is 29.5 Å². The molecule has 1 saturated heterocycles. The van der Waals surface area contributed by atoms with Crippen molar-refractivity contribution in [3.8, 4) is 0 Å². The third-order valence-corrected chi connectivity index (χ3v) is 9.94. The van der Waals surface area contributed by atoms with Gasteiger partial charge in [0.15, 0.2) is 0 Å². The standard InChI is InChI=1S/C25H38N2O3/c1-16-4-5-21-20-12-17(2)25(29)13-18(27-30-19-8-11-26-14-19)6-10-24(25,15-28)22(20)7-9-23(16,21)3/h19-22,26,28-29H,1-2,4-15H2,3H3/t19?,20?,21?,22?,23-,24+,25+/m1/s1. The Kier molecular flexibility index (Phi) is 4.96. The molecule has 0 aromatic rings. The monoisotopic (exact) mass is 414 g/mol. The second kappa shape index (κ2) is 7.18. The Bertz CT molecular complexity index is 772. The van der Waals surface area contributed by atoms with E-state index in [1.807, 2.05) is 0 Å². The van der Waals surface area contributed by atoms with Crippen LogP contribution in [0.25, 0.3) is 0 Å². The quantitative estimate of drug-likeness (QED) is 0.488. The maximum Gasteiger partial charge on any atom is 0.141 e. The Morgan fingerprint density at radius 2 is 1.97 bits per heavy atom. The number of aliphatic hydroxyl groups is 2. The minimum absolute atomic E-state index is 0.0226. The van der Waals surface area contributed by atoms with Crippen molar-refractivity contribution >= 4 is 5.71 Å². The number of oxime groups is 1. The van der Waals surface area contributed by atoms with Gasteiger partial charge in [-0.2, -0.15) is 0 Å². The molecule has 3 N–H and O–H groups in total. The number of hydrogen-bond acceptors (Lipinski definition) is 5. The second-order valence-corrected chi connectivity index (χ2v) is 11.0. The van der Waals surface area contributed by atoms with Gasteiger partial charge in [0, 0.05) is 24.8 Å². The highest BCUT2D eigenvalue weighted by molar-refractivity contribution is 5.87. The summed E-state index contributed by atoms with van der Waals surface area (Å²) in [5, 5.41) is 30.5. The van der Waals surface area contributed by atoms with E-state index in [0.717, 1.165) is 69.3 Å². The van der Waals surface area contributed by atoms with Crippen molar-refractivity contribution in [2.75, 3.05) is 19.7 Å². The Morgan fingerprint density at radius 1 is 1.13 bits per heavy atom. The minimum atomic E-state index is -1.08. The summed E-state index contributed by atoms with van der Waals surface area (Å²) in [4.78, 5) is 5.77. The van der Waals surface area contributed by atoms with Crippen LogP contribution in [0.5, 0.6) is 0 Å². The molecule has 1 aliphatic heterocycles. The van der Waals surface area contributed by atoms with E-state index in [1.165, 1.54) is 12.0 Å². The van der Waals surface area contributed by atoms with Crippen molar-refractivity contribution in [3.63, 3.8) is 0 Å². The van der Waals surface area contributed by atoms with Gasteiger partial charge in [-0.25, -0.2) is 0 Å². The van der Waals surface area contributed by atoms with E-state index in [2.05, 4.69) is 30.6 Å². The van der Waals surface area contributed by atoms with Gasteiger partial charge in [0.1, 0.15) is 6.10 Å². The smallest absolute Gasteiger partial charge is 0.141 e. The highest BCUT2D eigenvalue weighted by Gasteiger charge is 2.66. The fourth-order valence-corrected chi connectivity index (χ4v) is 7.99. The summed E-state index contributed by atoms with van der Waals surface area (Å²) >= 11 is 0. The summed E-state index contributed by atoms with van der Waals surface area (Å²) in [7, 11) is 0. The molecule has 30 heavy (non-hydrogen) atoms. The molecule has 0 radical (unpaired) electrons. The van der Waals surface area contributed by atoms with E-state index in [9.17, 15) is 10.2 Å². The molecule has 0 aromatic heterocycles. The van der Waals surface area contributed by atoms with Gasteiger partial charge in [-0.1, -0.05) is 30.8 Å². The lowest BCUT2D eigenvalue weighted by molar-refractivity contribution is -0.181. The van der Waals surface area contributed by atoms with E-state index >= 15 is 0 Å². The number of allylic oxidation sites excluding steroid dienone is 1. The number of aliphatic hydroxyl groups excluding tert-OH is 1. The summed E-state index contributed by atoms with van der Waals surface area (Å²) in [5.74, 6) is 1.42. The van der Waals surface area contributed by atoms with Gasteiger partial charge in [-0.15, -0.1) is 0 Å². The molecule has 7 atom stereocenters. The van der Waals surface area contributed by atoms with Crippen LogP contribution in [0.3, 0.4) is 0 Å². The third-order valence-electron chi connectivity index (χ3n) is 9.94. The van der Waals surface area contributed by atoms with Crippen LogP contribution < -0.4 is 5.32 Å². The average Bonchev–Trinajstić information content (AvgIpc) is 3.35. The maximum atomic E-state index is 12.0. The largest absolute Gasteiger partial charge is 0.396 e. The molecule has 5 fully saturated rings. The van der Waals surface area contributed by atoms with Crippen LogP contribution in [-0.4, -0.2) is 47.3 Å². The molecule has 4 saturated carbocycles. The Labute approximate surface area is 180 Å². The molecule has 5 rings (SSSR count). The van der Waals surface area contributed by atoms with Crippen molar-refractivity contribution in [1.82, 2.24) is 5.32 Å². The fraction of sp³-hybridized carbons (Fsp3) is 0.800. The third kappa shape index (κ3) is 2.74. The molecular formula is C25H38N2O3. The van der Waals surface area contributed by atoms with Gasteiger partial charge >= 0.3 is 0 Å². The number of rotatable bonds is 3. The average molecular weight is 415 g/mol. The van der Waals surface area contributed by atoms with Crippen LogP contribution in [0.4, 0.5) is 0 Å². The predicted octanol–water partition coefficient (Wildman–Crippen LogP) is 3.57. The molecule has 5 aliphatic rings. The maximum absolute atomic E-state index is 12.0. The molecule has 4 aliphatic carbocycles. The van der Waals surface area contributed by atoms with Crippen molar-refractivity contribution < 1.29 is 15.1 Å². The summed E-state index contributed by atoms with van der Waals surface area (Å²) in [6, 6.07) is 0. The van der Waals surface area contributed by atoms with Gasteiger partial charge in [-0.3, -0.25) is 0 Å². The van der Waals surface area contributed by atoms with E-state index < -0.39 is 11.0 Å². The van der Waals surface area contributed by atoms with Crippen LogP contribution in [0.1, 0.15) is 64.7 Å². The predicted molar refractivity (Wildman–Crippen MR) is 118 cm³/mol. The first-order valence-corrected chi connectivity index (χ1v) is 12.0. The Balaban J connectivity index is 1.43. The first-order valence-electron chi connectivity index (χ1n) is 12.0. The van der Waals surface area contributed by atoms with E-state index in [0.29, 0.717) is 24.2 Å². The molecule has 0 bridgehead atoms. The van der Waals surface area contributed by atoms with Crippen molar-refractivity contribution in [2.24, 2.45) is 33.7 Å². The number of hydrogen-bond donors (Lipinski definition) is 3. The minimum Gasteiger partial charge on any atom is -0.396 e. The molecule has 166 valence electrons. The van der Waals surface area contributed by atoms with Gasteiger partial charge in [0.2, 0.25) is 0 Å². The van der Waals surface area contributed by atoms with E-state index in [4.69, 9.17) is 4.84 Å². The van der Waals surface area contributed by atoms with Crippen molar-refractivity contribution in [2.45, 2.75) is 76.4 Å². The summed E-state index contributed by atoms with van der Waals surface area (Å²) in [6.45, 7) is 13.0. The topological polar surface area (TPSA) is 74.1 Å². The highest BCUT2D eigenvalue weighted by atomic mass is 16.6. The zero-order valence-electron chi connectivity index (χ0n) is 18.5. The lowest BCUT2D eigenvalue weighted by Crippen LogP contribution is -2.65. The number of fused-ring (bicyclic) bond motifs is 5. The molecule has 0 aromatic carbocycles. The Hall–Kier alpha value is -1.17. The molecule has 5 nitrogen and oxygen atoms in total. The van der Waals surface area contributed by atoms with Crippen LogP contribution in [-0.2, 0) is 4.84 Å². The molecular weight excluding hydrogens is 376 g/mol. The molecule has 0 amide bonds. The zero-order valence-corrected chi connectivity index (χ0v) is 18.5. The van der Waals surface area contributed by atoms with E-state index in [-0.39, 0.29) is 18.1 Å². The Morgan fingerprint density at radius 3 is 2.70 bits per heavy atom. The van der Waals surface area contributed by atoms with Crippen LogP contribution in [0, 0.1) is 28.6 Å². The first kappa shape index (κ1) is 20.7. The van der Waals surface area contributed by atoms with Crippen molar-refractivity contribution in [1.29, 1.82) is 0 Å². The van der Waals surface area contributed by atoms with Crippen molar-refractivity contribution in [3.05, 3.63) is 24.3 Å². The van der Waals surface area contributed by atoms with Gasteiger partial charge in [0.25, 0.3) is 0 Å². The van der Waals surface area contributed by atoms with Gasteiger partial charge < -0.3 is 20.4 Å². The second-order valence-electron chi connectivity index (χ2n) is 11.0. The lowest BCUT2D eigenvalue weighted by Gasteiger charge is -2.64. The normalized spacial score (nSPS) is 49.6. The van der Waals surface area contributed by atoms with Gasteiger partial charge in [0.05, 0.1) is 17.9 Å². The fourth-order valence-electron chi connectivity index (χ4n) is 7.99. The number of nitrogens with zero attached hydrogens (tertiary/aromatic N) is 1. The highest BCUT2D eigenvalue weighted by Crippen LogP contribution is 2.68. The molecule has 0 spiro atoms. The molecule has 1 heterocycles. The van der Waals surface area contributed by atoms with Crippen LogP contribution >= 0.6 is 0 Å². The van der Waals surface area contributed by atoms with E-state index in [1.54, 1.807) is 0 Å². The van der Waals surface area contributed by atoms with Gasteiger partial charge in [-0.05, 0) is 80.2 Å². The number of nitrogens with one attached hydrogen (secondary N) is 1. The molecule has 4 unspecified atom stereocenters. The summed E-state index contributed by atoms with van der Waals surface area (Å²) in [6.07, 6.45) is 8.46. The summed E-state index contributed by atoms with van der Waals surface area (Å²) in [5.41, 5.74) is 1.86. The summed E-state index contributed by atoms with van der Waals surface area (Å²) < 4.78 is 0. The SMILES string of the molecule is C=C1CCC2C3CC(=C)[C@@]4(O)CC(=NOC5CCNC5)CC[C@]4(CO)C3CC[C@]12C. The zero-order chi connectivity index (χ0) is 21.1.